The smallest absolute Gasteiger partial charge is 0.212 e. The molecule has 4 rings (SSSR count). The van der Waals surface area contributed by atoms with E-state index in [0.29, 0.717) is 45.9 Å². The van der Waals surface area contributed by atoms with Crippen LogP contribution in [-0.2, 0) is 6.61 Å². The topological polar surface area (TPSA) is 72.9 Å². The highest BCUT2D eigenvalue weighted by molar-refractivity contribution is 6.32. The number of rotatable bonds is 6. The van der Waals surface area contributed by atoms with E-state index in [1.54, 1.807) is 25.4 Å². The molecule has 1 N–H and O–H groups in total. The zero-order chi connectivity index (χ0) is 21.1. The molecule has 0 saturated carbocycles. The van der Waals surface area contributed by atoms with E-state index >= 15 is 0 Å². The van der Waals surface area contributed by atoms with Crippen LogP contribution >= 0.6 is 11.6 Å². The van der Waals surface area contributed by atoms with Crippen LogP contribution in [0.4, 0.5) is 4.39 Å². The minimum Gasteiger partial charge on any atom is -0.496 e. The SMILES string of the molecule is COc1cc(OCc2ccnc(C)c2)ccc1-c1nc(-c2ccc(F)nc2)[nH]c1Cl. The summed E-state index contributed by atoms with van der Waals surface area (Å²) < 4.78 is 24.5. The molecule has 0 unspecified atom stereocenters. The Morgan fingerprint density at radius 2 is 1.97 bits per heavy atom. The second kappa shape index (κ2) is 8.51. The average Bonchev–Trinajstić information content (AvgIpc) is 3.14. The molecular formula is C22H18ClFN4O2. The number of pyridine rings is 2. The predicted molar refractivity (Wildman–Crippen MR) is 112 cm³/mol. The van der Waals surface area contributed by atoms with Crippen molar-refractivity contribution < 1.29 is 13.9 Å². The zero-order valence-corrected chi connectivity index (χ0v) is 17.1. The highest BCUT2D eigenvalue weighted by Gasteiger charge is 2.17. The third-order valence-electron chi connectivity index (χ3n) is 4.46. The van der Waals surface area contributed by atoms with Gasteiger partial charge in [-0.3, -0.25) is 4.98 Å². The first kappa shape index (κ1) is 19.8. The number of hydrogen-bond acceptors (Lipinski definition) is 5. The summed E-state index contributed by atoms with van der Waals surface area (Å²) in [6, 6.07) is 12.2. The lowest BCUT2D eigenvalue weighted by Crippen LogP contribution is -1.97. The first-order chi connectivity index (χ1) is 14.5. The number of aryl methyl sites for hydroxylation is 1. The molecule has 0 radical (unpaired) electrons. The number of methoxy groups -OCH3 is 1. The molecule has 0 aliphatic carbocycles. The molecule has 1 aromatic carbocycles. The van der Waals surface area contributed by atoms with Crippen molar-refractivity contribution in [2.45, 2.75) is 13.5 Å². The third-order valence-corrected chi connectivity index (χ3v) is 4.73. The lowest BCUT2D eigenvalue weighted by atomic mass is 10.1. The molecule has 3 heterocycles. The van der Waals surface area contributed by atoms with E-state index in [4.69, 9.17) is 21.1 Å². The maximum Gasteiger partial charge on any atom is 0.212 e. The monoisotopic (exact) mass is 424 g/mol. The molecule has 0 aliphatic heterocycles. The van der Waals surface area contributed by atoms with Gasteiger partial charge in [0, 0.05) is 35.3 Å². The van der Waals surface area contributed by atoms with Gasteiger partial charge in [-0.05, 0) is 48.9 Å². The molecule has 0 spiro atoms. The largest absolute Gasteiger partial charge is 0.496 e. The van der Waals surface area contributed by atoms with Crippen LogP contribution in [0, 0.1) is 12.9 Å². The number of H-pyrrole nitrogens is 1. The van der Waals surface area contributed by atoms with Crippen LogP contribution in [0.5, 0.6) is 11.5 Å². The van der Waals surface area contributed by atoms with Gasteiger partial charge in [0.1, 0.15) is 34.8 Å². The van der Waals surface area contributed by atoms with Crippen LogP contribution < -0.4 is 9.47 Å². The summed E-state index contributed by atoms with van der Waals surface area (Å²) in [4.78, 5) is 15.4. The number of aromatic amines is 1. The van der Waals surface area contributed by atoms with E-state index in [9.17, 15) is 4.39 Å². The van der Waals surface area contributed by atoms with Gasteiger partial charge in [-0.25, -0.2) is 9.97 Å². The van der Waals surface area contributed by atoms with E-state index in [-0.39, 0.29) is 0 Å². The molecule has 0 saturated heterocycles. The molecular weight excluding hydrogens is 407 g/mol. The van der Waals surface area contributed by atoms with Gasteiger partial charge in [-0.15, -0.1) is 0 Å². The Labute approximate surface area is 177 Å². The number of ether oxygens (including phenoxy) is 2. The van der Waals surface area contributed by atoms with Gasteiger partial charge in [0.15, 0.2) is 0 Å². The molecule has 152 valence electrons. The molecule has 8 heteroatoms. The number of halogens is 2. The van der Waals surface area contributed by atoms with Crippen molar-refractivity contribution in [3.63, 3.8) is 0 Å². The highest BCUT2D eigenvalue weighted by atomic mass is 35.5. The number of nitrogens with one attached hydrogen (secondary N) is 1. The Morgan fingerprint density at radius 1 is 1.10 bits per heavy atom. The summed E-state index contributed by atoms with van der Waals surface area (Å²) >= 11 is 6.38. The average molecular weight is 425 g/mol. The van der Waals surface area contributed by atoms with Gasteiger partial charge in [0.25, 0.3) is 0 Å². The summed E-state index contributed by atoms with van der Waals surface area (Å²) in [5.41, 5.74) is 3.80. The maximum atomic E-state index is 13.1. The second-order valence-electron chi connectivity index (χ2n) is 6.57. The Kier molecular flexibility index (Phi) is 5.63. The molecule has 30 heavy (non-hydrogen) atoms. The van der Waals surface area contributed by atoms with E-state index in [1.807, 2.05) is 31.2 Å². The van der Waals surface area contributed by atoms with E-state index in [2.05, 4.69) is 19.9 Å². The van der Waals surface area contributed by atoms with E-state index < -0.39 is 5.95 Å². The maximum absolute atomic E-state index is 13.1. The summed E-state index contributed by atoms with van der Waals surface area (Å²) in [5.74, 6) is 1.14. The minimum absolute atomic E-state index is 0.341. The Morgan fingerprint density at radius 3 is 2.70 bits per heavy atom. The first-order valence-electron chi connectivity index (χ1n) is 9.13. The van der Waals surface area contributed by atoms with Crippen molar-refractivity contribution in [1.29, 1.82) is 0 Å². The zero-order valence-electron chi connectivity index (χ0n) is 16.3. The molecule has 0 aliphatic rings. The van der Waals surface area contributed by atoms with Gasteiger partial charge < -0.3 is 14.5 Å². The Hall–Kier alpha value is -3.45. The molecule has 3 aromatic heterocycles. The van der Waals surface area contributed by atoms with Crippen LogP contribution in [0.2, 0.25) is 5.15 Å². The molecule has 0 amide bonds. The molecule has 0 atom stereocenters. The number of nitrogens with zero attached hydrogens (tertiary/aromatic N) is 3. The van der Waals surface area contributed by atoms with Gasteiger partial charge in [-0.2, -0.15) is 4.39 Å². The number of hydrogen-bond donors (Lipinski definition) is 1. The Balaban J connectivity index is 1.59. The lowest BCUT2D eigenvalue weighted by Gasteiger charge is -2.11. The second-order valence-corrected chi connectivity index (χ2v) is 6.95. The fourth-order valence-corrected chi connectivity index (χ4v) is 3.23. The predicted octanol–water partition coefficient (Wildman–Crippen LogP) is 5.22. The van der Waals surface area contributed by atoms with Crippen molar-refractivity contribution in [2.75, 3.05) is 7.11 Å². The molecule has 0 fully saturated rings. The van der Waals surface area contributed by atoms with Crippen LogP contribution in [0.15, 0.2) is 54.9 Å². The fraction of sp³-hybridized carbons (Fsp3) is 0.136. The first-order valence-corrected chi connectivity index (χ1v) is 9.51. The van der Waals surface area contributed by atoms with Gasteiger partial charge in [0.05, 0.1) is 7.11 Å². The van der Waals surface area contributed by atoms with Crippen LogP contribution in [0.25, 0.3) is 22.6 Å². The molecule has 6 nitrogen and oxygen atoms in total. The van der Waals surface area contributed by atoms with Crippen molar-refractivity contribution in [3.05, 3.63) is 77.2 Å². The van der Waals surface area contributed by atoms with Gasteiger partial charge >= 0.3 is 0 Å². The molecule has 0 bridgehead atoms. The lowest BCUT2D eigenvalue weighted by molar-refractivity contribution is 0.303. The third kappa shape index (κ3) is 4.26. The highest BCUT2D eigenvalue weighted by Crippen LogP contribution is 2.37. The summed E-state index contributed by atoms with van der Waals surface area (Å²) in [6.07, 6.45) is 3.15. The standard InChI is InChI=1S/C22H18ClFN4O2/c1-13-9-14(7-8-25-13)12-30-16-4-5-17(18(10-16)29-2)20-21(23)28-22(27-20)15-3-6-19(24)26-11-15/h3-11H,12H2,1-2H3,(H,27,28). The summed E-state index contributed by atoms with van der Waals surface area (Å²) in [6.45, 7) is 2.35. The van der Waals surface area contributed by atoms with Crippen LogP contribution in [-0.4, -0.2) is 27.0 Å². The van der Waals surface area contributed by atoms with Crippen LogP contribution in [0.3, 0.4) is 0 Å². The van der Waals surface area contributed by atoms with E-state index in [0.717, 1.165) is 11.3 Å². The number of benzene rings is 1. The number of imidazole rings is 1. The molecule has 4 aromatic rings. The van der Waals surface area contributed by atoms with E-state index in [1.165, 1.54) is 12.3 Å². The fourth-order valence-electron chi connectivity index (χ4n) is 3.00. The quantitative estimate of drug-likeness (QED) is 0.429. The van der Waals surface area contributed by atoms with Crippen molar-refractivity contribution in [3.8, 4) is 34.1 Å². The number of aromatic nitrogens is 4. The normalized spacial score (nSPS) is 10.8. The van der Waals surface area contributed by atoms with Gasteiger partial charge in [-0.1, -0.05) is 11.6 Å². The Bertz CT molecular complexity index is 1180. The van der Waals surface area contributed by atoms with Gasteiger partial charge in [0.2, 0.25) is 5.95 Å². The van der Waals surface area contributed by atoms with Crippen LogP contribution in [0.1, 0.15) is 11.3 Å². The van der Waals surface area contributed by atoms with Crippen molar-refractivity contribution in [1.82, 2.24) is 19.9 Å². The summed E-state index contributed by atoms with van der Waals surface area (Å²) in [7, 11) is 1.57. The van der Waals surface area contributed by atoms with Crippen molar-refractivity contribution in [2.24, 2.45) is 0 Å². The minimum atomic E-state index is -0.559. The summed E-state index contributed by atoms with van der Waals surface area (Å²) in [5, 5.41) is 0.341. The van der Waals surface area contributed by atoms with Crippen molar-refractivity contribution >= 4 is 11.6 Å².